The lowest BCUT2D eigenvalue weighted by Gasteiger charge is -2.26. The molecule has 6 heteroatoms. The number of amides is 1. The maximum absolute atomic E-state index is 11.6. The van der Waals surface area contributed by atoms with E-state index >= 15 is 0 Å². The third-order valence-corrected chi connectivity index (χ3v) is 5.35. The van der Waals surface area contributed by atoms with Crippen LogP contribution in [0.4, 0.5) is 0 Å². The van der Waals surface area contributed by atoms with Gasteiger partial charge in [-0.25, -0.2) is 8.42 Å². The zero-order valence-corrected chi connectivity index (χ0v) is 13.1. The average Bonchev–Trinajstić information content (AvgIpc) is 2.14. The molecular weight excluding hydrogens is 252 g/mol. The van der Waals surface area contributed by atoms with E-state index in [9.17, 15) is 13.2 Å². The van der Waals surface area contributed by atoms with E-state index < -0.39 is 14.6 Å². The minimum atomic E-state index is -3.13. The van der Waals surface area contributed by atoms with Crippen LogP contribution >= 0.6 is 0 Å². The fourth-order valence-electron chi connectivity index (χ4n) is 1.12. The summed E-state index contributed by atoms with van der Waals surface area (Å²) in [6.45, 7) is 9.57. The third-order valence-electron chi connectivity index (χ3n) is 3.20. The van der Waals surface area contributed by atoms with Gasteiger partial charge in [0.25, 0.3) is 0 Å². The number of hydrogen-bond donors (Lipinski definition) is 2. The predicted octanol–water partition coefficient (Wildman–Crippen LogP) is 0.704. The summed E-state index contributed by atoms with van der Waals surface area (Å²) in [5.74, 6) is -0.119. The Hall–Kier alpha value is -0.620. The Kier molecular flexibility index (Phi) is 5.81. The number of hydrogen-bond acceptors (Lipinski definition) is 4. The van der Waals surface area contributed by atoms with Crippen LogP contribution in [0.25, 0.3) is 0 Å². The monoisotopic (exact) mass is 278 g/mol. The molecule has 0 fully saturated rings. The molecule has 18 heavy (non-hydrogen) atoms. The number of rotatable bonds is 7. The molecule has 0 spiro atoms. The van der Waals surface area contributed by atoms with Crippen molar-refractivity contribution in [2.75, 3.05) is 19.3 Å². The first-order valence-corrected chi connectivity index (χ1v) is 8.02. The highest BCUT2D eigenvalue weighted by molar-refractivity contribution is 7.92. The molecule has 108 valence electrons. The van der Waals surface area contributed by atoms with Gasteiger partial charge in [0.05, 0.1) is 11.3 Å². The SMILES string of the molecule is CCC(C)(C)NC(=O)CNCC(C)(C)S(C)(=O)=O. The summed E-state index contributed by atoms with van der Waals surface area (Å²) in [6.07, 6.45) is 2.04. The van der Waals surface area contributed by atoms with Crippen molar-refractivity contribution in [3.8, 4) is 0 Å². The zero-order valence-electron chi connectivity index (χ0n) is 12.3. The Balaban J connectivity index is 4.19. The summed E-state index contributed by atoms with van der Waals surface area (Å²) in [4.78, 5) is 11.6. The number of nitrogens with one attached hydrogen (secondary N) is 2. The van der Waals surface area contributed by atoms with Crippen LogP contribution in [0.3, 0.4) is 0 Å². The minimum Gasteiger partial charge on any atom is -0.350 e. The second kappa shape index (κ2) is 6.02. The van der Waals surface area contributed by atoms with Crippen molar-refractivity contribution < 1.29 is 13.2 Å². The Labute approximate surface area is 111 Å². The molecule has 0 heterocycles. The highest BCUT2D eigenvalue weighted by Gasteiger charge is 2.29. The molecule has 0 aliphatic carbocycles. The summed E-state index contributed by atoms with van der Waals surface area (Å²) in [6, 6.07) is 0. The molecule has 0 aromatic carbocycles. The summed E-state index contributed by atoms with van der Waals surface area (Å²) in [5, 5.41) is 5.77. The molecule has 2 N–H and O–H groups in total. The summed E-state index contributed by atoms with van der Waals surface area (Å²) < 4.78 is 22.1. The van der Waals surface area contributed by atoms with Crippen molar-refractivity contribution >= 4 is 15.7 Å². The summed E-state index contributed by atoms with van der Waals surface area (Å²) in [7, 11) is -3.13. The van der Waals surface area contributed by atoms with Gasteiger partial charge in [-0.2, -0.15) is 0 Å². The second-order valence-electron chi connectivity index (χ2n) is 5.92. The first kappa shape index (κ1) is 17.4. The number of carbonyl (C=O) groups excluding carboxylic acids is 1. The standard InChI is InChI=1S/C12H26N2O3S/c1-7-11(2,3)14-10(15)8-13-9-12(4,5)18(6,16)17/h13H,7-9H2,1-6H3,(H,14,15). The molecular formula is C12H26N2O3S. The maximum atomic E-state index is 11.6. The van der Waals surface area contributed by atoms with Crippen LogP contribution in [0.2, 0.25) is 0 Å². The fourth-order valence-corrected chi connectivity index (χ4v) is 1.48. The van der Waals surface area contributed by atoms with Gasteiger partial charge < -0.3 is 10.6 Å². The van der Waals surface area contributed by atoms with E-state index in [0.717, 1.165) is 6.42 Å². The highest BCUT2D eigenvalue weighted by atomic mass is 32.2. The van der Waals surface area contributed by atoms with Crippen molar-refractivity contribution in [3.05, 3.63) is 0 Å². The van der Waals surface area contributed by atoms with E-state index in [1.54, 1.807) is 13.8 Å². The van der Waals surface area contributed by atoms with Crippen molar-refractivity contribution in [3.63, 3.8) is 0 Å². The molecule has 0 aromatic heterocycles. The van der Waals surface area contributed by atoms with Gasteiger partial charge in [0.15, 0.2) is 9.84 Å². The van der Waals surface area contributed by atoms with E-state index in [4.69, 9.17) is 0 Å². The van der Waals surface area contributed by atoms with Crippen LogP contribution in [0.5, 0.6) is 0 Å². The molecule has 0 unspecified atom stereocenters. The van der Waals surface area contributed by atoms with Gasteiger partial charge in [-0.05, 0) is 34.1 Å². The lowest BCUT2D eigenvalue weighted by Crippen LogP contribution is -2.49. The Morgan fingerprint density at radius 3 is 2.06 bits per heavy atom. The largest absolute Gasteiger partial charge is 0.350 e. The molecule has 0 saturated carbocycles. The summed E-state index contributed by atoms with van der Waals surface area (Å²) >= 11 is 0. The molecule has 0 rings (SSSR count). The highest BCUT2D eigenvalue weighted by Crippen LogP contribution is 2.13. The lowest BCUT2D eigenvalue weighted by molar-refractivity contribution is -0.121. The number of sulfone groups is 1. The Morgan fingerprint density at radius 2 is 1.67 bits per heavy atom. The maximum Gasteiger partial charge on any atom is 0.234 e. The zero-order chi connectivity index (χ0) is 14.6. The fraction of sp³-hybridized carbons (Fsp3) is 0.917. The predicted molar refractivity (Wildman–Crippen MR) is 74.3 cm³/mol. The van der Waals surface area contributed by atoms with Crippen LogP contribution in [0.1, 0.15) is 41.0 Å². The van der Waals surface area contributed by atoms with Gasteiger partial charge in [0.2, 0.25) is 5.91 Å². The van der Waals surface area contributed by atoms with Gasteiger partial charge >= 0.3 is 0 Å². The van der Waals surface area contributed by atoms with Crippen LogP contribution in [0, 0.1) is 0 Å². The van der Waals surface area contributed by atoms with Crippen molar-refractivity contribution in [1.29, 1.82) is 0 Å². The van der Waals surface area contributed by atoms with Gasteiger partial charge in [-0.1, -0.05) is 6.92 Å². The smallest absolute Gasteiger partial charge is 0.234 e. The Morgan fingerprint density at radius 1 is 1.17 bits per heavy atom. The molecule has 0 saturated heterocycles. The van der Waals surface area contributed by atoms with Crippen LogP contribution in [0.15, 0.2) is 0 Å². The van der Waals surface area contributed by atoms with E-state index in [1.165, 1.54) is 6.26 Å². The summed E-state index contributed by atoms with van der Waals surface area (Å²) in [5.41, 5.74) is -0.231. The van der Waals surface area contributed by atoms with Gasteiger partial charge in [-0.3, -0.25) is 4.79 Å². The molecule has 0 radical (unpaired) electrons. The third kappa shape index (κ3) is 5.82. The van der Waals surface area contributed by atoms with E-state index in [0.29, 0.717) is 0 Å². The van der Waals surface area contributed by atoms with Crippen molar-refractivity contribution in [2.24, 2.45) is 0 Å². The molecule has 0 atom stereocenters. The average molecular weight is 278 g/mol. The van der Waals surface area contributed by atoms with Crippen LogP contribution in [-0.4, -0.2) is 44.0 Å². The van der Waals surface area contributed by atoms with E-state index in [-0.39, 0.29) is 24.5 Å². The lowest BCUT2D eigenvalue weighted by atomic mass is 10.0. The first-order chi connectivity index (χ1) is 7.91. The van der Waals surface area contributed by atoms with Crippen LogP contribution in [-0.2, 0) is 14.6 Å². The molecule has 0 aliphatic rings. The number of carbonyl (C=O) groups is 1. The van der Waals surface area contributed by atoms with Gasteiger partial charge in [0.1, 0.15) is 0 Å². The van der Waals surface area contributed by atoms with E-state index in [2.05, 4.69) is 10.6 Å². The quantitative estimate of drug-likeness (QED) is 0.719. The molecule has 0 aliphatic heterocycles. The van der Waals surface area contributed by atoms with Crippen molar-refractivity contribution in [1.82, 2.24) is 10.6 Å². The molecule has 5 nitrogen and oxygen atoms in total. The topological polar surface area (TPSA) is 75.3 Å². The molecule has 1 amide bonds. The first-order valence-electron chi connectivity index (χ1n) is 6.12. The van der Waals surface area contributed by atoms with Crippen LogP contribution < -0.4 is 10.6 Å². The Bertz CT molecular complexity index is 386. The molecule has 0 bridgehead atoms. The van der Waals surface area contributed by atoms with Gasteiger partial charge in [-0.15, -0.1) is 0 Å². The van der Waals surface area contributed by atoms with Gasteiger partial charge in [0, 0.05) is 18.3 Å². The molecule has 0 aromatic rings. The van der Waals surface area contributed by atoms with Crippen molar-refractivity contribution in [2.45, 2.75) is 51.3 Å². The van der Waals surface area contributed by atoms with E-state index in [1.807, 2.05) is 20.8 Å². The minimum absolute atomic E-state index is 0.119. The second-order valence-corrected chi connectivity index (χ2v) is 8.57. The normalized spacial score (nSPS) is 13.4.